The van der Waals surface area contributed by atoms with E-state index in [1.807, 2.05) is 37.3 Å². The molecule has 0 bridgehead atoms. The minimum atomic E-state index is -0.465. The van der Waals surface area contributed by atoms with Gasteiger partial charge in [0.05, 0.1) is 0 Å². The smallest absolute Gasteiger partial charge is 0.247 e. The molecule has 0 amide bonds. The first kappa shape index (κ1) is 17.1. The number of thioether (sulfide) groups is 1. The molecule has 26 heavy (non-hydrogen) atoms. The van der Waals surface area contributed by atoms with Gasteiger partial charge in [0.2, 0.25) is 11.0 Å². The van der Waals surface area contributed by atoms with Gasteiger partial charge in [0.25, 0.3) is 0 Å². The number of benzene rings is 2. The van der Waals surface area contributed by atoms with Crippen molar-refractivity contribution < 1.29 is 9.84 Å². The Morgan fingerprint density at radius 2 is 2.00 bits per heavy atom. The van der Waals surface area contributed by atoms with Crippen molar-refractivity contribution in [2.45, 2.75) is 18.3 Å². The van der Waals surface area contributed by atoms with E-state index in [0.717, 1.165) is 27.0 Å². The Balaban J connectivity index is 1.84. The van der Waals surface area contributed by atoms with Crippen molar-refractivity contribution in [2.24, 2.45) is 0 Å². The van der Waals surface area contributed by atoms with Crippen molar-refractivity contribution in [2.75, 3.05) is 11.1 Å². The fourth-order valence-corrected chi connectivity index (χ4v) is 3.53. The van der Waals surface area contributed by atoms with Gasteiger partial charge in [-0.2, -0.15) is 4.98 Å². The van der Waals surface area contributed by atoms with Crippen LogP contribution in [0.4, 0.5) is 5.69 Å². The van der Waals surface area contributed by atoms with Crippen LogP contribution >= 0.6 is 27.7 Å². The molecule has 0 spiro atoms. The maximum atomic E-state index is 9.55. The third-order valence-electron chi connectivity index (χ3n) is 3.86. The molecule has 6 nitrogen and oxygen atoms in total. The first-order chi connectivity index (χ1) is 12.6. The van der Waals surface area contributed by atoms with Gasteiger partial charge < -0.3 is 15.2 Å². The lowest BCUT2D eigenvalue weighted by atomic mass is 10.1. The van der Waals surface area contributed by atoms with Crippen LogP contribution in [0.2, 0.25) is 0 Å². The quantitative estimate of drug-likeness (QED) is 0.586. The van der Waals surface area contributed by atoms with Crippen molar-refractivity contribution in [3.63, 3.8) is 0 Å². The number of anilines is 1. The number of aromatic hydroxyl groups is 1. The first-order valence-corrected chi connectivity index (χ1v) is 9.81. The molecular weight excluding hydrogens is 416 g/mol. The lowest BCUT2D eigenvalue weighted by molar-refractivity contribution is 0.225. The molecule has 0 radical (unpaired) electrons. The summed E-state index contributed by atoms with van der Waals surface area (Å²) in [5.41, 5.74) is 3.20. The molecule has 2 heterocycles. The van der Waals surface area contributed by atoms with E-state index in [2.05, 4.69) is 36.4 Å². The normalized spacial score (nSPS) is 15.2. The van der Waals surface area contributed by atoms with Crippen LogP contribution in [-0.2, 0) is 0 Å². The van der Waals surface area contributed by atoms with Crippen molar-refractivity contribution >= 4 is 33.4 Å². The van der Waals surface area contributed by atoms with E-state index in [1.165, 1.54) is 11.8 Å². The molecule has 132 valence electrons. The van der Waals surface area contributed by atoms with E-state index in [4.69, 9.17) is 4.74 Å². The summed E-state index contributed by atoms with van der Waals surface area (Å²) in [7, 11) is 0. The Labute approximate surface area is 163 Å². The average molecular weight is 431 g/mol. The lowest BCUT2D eigenvalue weighted by Gasteiger charge is -2.19. The molecule has 8 heteroatoms. The zero-order valence-corrected chi connectivity index (χ0v) is 16.2. The maximum absolute atomic E-state index is 9.55. The Morgan fingerprint density at radius 1 is 1.19 bits per heavy atom. The Bertz CT molecular complexity index is 952. The Hall–Kier alpha value is -2.32. The number of ether oxygens (including phenoxy) is 1. The van der Waals surface area contributed by atoms with Gasteiger partial charge in [-0.3, -0.25) is 0 Å². The number of hydrogen-bond donors (Lipinski definition) is 2. The van der Waals surface area contributed by atoms with Crippen LogP contribution in [0, 0.1) is 0 Å². The number of aromatic nitrogens is 3. The second-order valence-electron chi connectivity index (χ2n) is 5.60. The highest BCUT2D eigenvalue weighted by molar-refractivity contribution is 9.10. The number of phenols is 1. The number of fused-ring (bicyclic) bond motifs is 3. The number of rotatable bonds is 3. The summed E-state index contributed by atoms with van der Waals surface area (Å²) < 4.78 is 7.09. The molecule has 3 aromatic rings. The summed E-state index contributed by atoms with van der Waals surface area (Å²) >= 11 is 5.02. The minimum Gasteiger partial charge on any atom is -0.508 e. The molecule has 4 rings (SSSR count). The molecule has 1 atom stereocenters. The van der Waals surface area contributed by atoms with Crippen LogP contribution in [0.15, 0.2) is 52.1 Å². The molecule has 2 aromatic carbocycles. The minimum absolute atomic E-state index is 0.206. The average Bonchev–Trinajstić information content (AvgIpc) is 2.79. The second kappa shape index (κ2) is 7.13. The van der Waals surface area contributed by atoms with Crippen molar-refractivity contribution in [3.8, 4) is 22.9 Å². The van der Waals surface area contributed by atoms with Gasteiger partial charge in [0, 0.05) is 21.3 Å². The van der Waals surface area contributed by atoms with Gasteiger partial charge >= 0.3 is 0 Å². The molecule has 1 aliphatic rings. The molecule has 2 N–H and O–H groups in total. The van der Waals surface area contributed by atoms with Gasteiger partial charge in [-0.15, -0.1) is 10.2 Å². The van der Waals surface area contributed by atoms with E-state index in [-0.39, 0.29) is 5.75 Å². The first-order valence-electron chi connectivity index (χ1n) is 8.03. The SMILES string of the molecule is CCSc1nnc2c(n1)O[C@H](c1ccc(O)cc1)Nc1ccc(Br)cc1-2. The number of nitrogens with zero attached hydrogens (tertiary/aromatic N) is 3. The van der Waals surface area contributed by atoms with E-state index < -0.39 is 6.23 Å². The molecule has 0 saturated heterocycles. The predicted octanol–water partition coefficient (Wildman–Crippen LogP) is 4.62. The lowest BCUT2D eigenvalue weighted by Crippen LogP contribution is -2.17. The number of phenolic OH excluding ortho intramolecular Hbond substituents is 1. The number of hydrogen-bond acceptors (Lipinski definition) is 7. The molecule has 1 aromatic heterocycles. The van der Waals surface area contributed by atoms with Crippen molar-refractivity contribution in [1.82, 2.24) is 15.2 Å². The molecule has 0 fully saturated rings. The third-order valence-corrected chi connectivity index (χ3v) is 5.07. The van der Waals surface area contributed by atoms with Gasteiger partial charge in [-0.05, 0) is 48.2 Å². The summed E-state index contributed by atoms with van der Waals surface area (Å²) in [6.07, 6.45) is -0.465. The molecular formula is C18H15BrN4O2S. The van der Waals surface area contributed by atoms with E-state index in [0.29, 0.717) is 16.7 Å². The maximum Gasteiger partial charge on any atom is 0.247 e. The van der Waals surface area contributed by atoms with E-state index >= 15 is 0 Å². The highest BCUT2D eigenvalue weighted by atomic mass is 79.9. The zero-order chi connectivity index (χ0) is 18.1. The third kappa shape index (κ3) is 3.34. The number of halogens is 1. The van der Waals surface area contributed by atoms with Crippen LogP contribution in [0.3, 0.4) is 0 Å². The standard InChI is InChI=1S/C18H15BrN4O2S/c1-2-26-18-21-17-15(22-23-18)13-9-11(19)5-8-14(13)20-16(25-17)10-3-6-12(24)7-4-10/h3-9,16,20,24H,2H2,1H3/t16-/m1/s1. The largest absolute Gasteiger partial charge is 0.508 e. The van der Waals surface area contributed by atoms with Gasteiger partial charge in [0.1, 0.15) is 5.75 Å². The van der Waals surface area contributed by atoms with E-state index in [9.17, 15) is 5.11 Å². The van der Waals surface area contributed by atoms with Crippen LogP contribution in [0.25, 0.3) is 11.3 Å². The molecule has 1 aliphatic heterocycles. The highest BCUT2D eigenvalue weighted by Crippen LogP contribution is 2.40. The second-order valence-corrected chi connectivity index (χ2v) is 7.75. The fourth-order valence-electron chi connectivity index (χ4n) is 2.66. The summed E-state index contributed by atoms with van der Waals surface area (Å²) in [5, 5.41) is 22.1. The summed E-state index contributed by atoms with van der Waals surface area (Å²) in [5.74, 6) is 1.48. The predicted molar refractivity (Wildman–Crippen MR) is 104 cm³/mol. The summed E-state index contributed by atoms with van der Waals surface area (Å²) in [6.45, 7) is 2.04. The Morgan fingerprint density at radius 3 is 2.77 bits per heavy atom. The topological polar surface area (TPSA) is 80.2 Å². The van der Waals surface area contributed by atoms with Crippen LogP contribution in [-0.4, -0.2) is 26.0 Å². The molecule has 0 aliphatic carbocycles. The van der Waals surface area contributed by atoms with E-state index in [1.54, 1.807) is 12.1 Å². The highest BCUT2D eigenvalue weighted by Gasteiger charge is 2.26. The zero-order valence-electron chi connectivity index (χ0n) is 13.8. The van der Waals surface area contributed by atoms with Gasteiger partial charge in [0.15, 0.2) is 11.9 Å². The molecule has 0 saturated carbocycles. The number of nitrogens with one attached hydrogen (secondary N) is 1. The van der Waals surface area contributed by atoms with Crippen LogP contribution < -0.4 is 10.1 Å². The fraction of sp³-hybridized carbons (Fsp3) is 0.167. The van der Waals surface area contributed by atoms with Gasteiger partial charge in [-0.1, -0.05) is 34.6 Å². The van der Waals surface area contributed by atoms with Crippen molar-refractivity contribution in [3.05, 3.63) is 52.5 Å². The Kier molecular flexibility index (Phi) is 4.69. The summed E-state index contributed by atoms with van der Waals surface area (Å²) in [6, 6.07) is 12.8. The van der Waals surface area contributed by atoms with Crippen LogP contribution in [0.5, 0.6) is 11.6 Å². The molecule has 0 unspecified atom stereocenters. The van der Waals surface area contributed by atoms with Crippen molar-refractivity contribution in [1.29, 1.82) is 0 Å². The van der Waals surface area contributed by atoms with Crippen LogP contribution in [0.1, 0.15) is 18.7 Å². The monoisotopic (exact) mass is 430 g/mol. The van der Waals surface area contributed by atoms with Gasteiger partial charge in [-0.25, -0.2) is 0 Å². The summed E-state index contributed by atoms with van der Waals surface area (Å²) in [4.78, 5) is 4.55.